The number of carbonyl (C=O) groups is 2. The Morgan fingerprint density at radius 3 is 2.29 bits per heavy atom. The summed E-state index contributed by atoms with van der Waals surface area (Å²) in [7, 11) is 0. The van der Waals surface area contributed by atoms with E-state index in [2.05, 4.69) is 43.8 Å². The SMILES string of the molecule is Cc1ccc(C(C)(C)C)cc1SCC(=O)NNC(=O)c1ccc([N+](=O)[O-])cc1. The average molecular weight is 401 g/mol. The van der Waals surface area contributed by atoms with Crippen molar-refractivity contribution in [3.63, 3.8) is 0 Å². The lowest BCUT2D eigenvalue weighted by atomic mass is 9.87. The Kier molecular flexibility index (Phi) is 6.80. The summed E-state index contributed by atoms with van der Waals surface area (Å²) in [6.45, 7) is 8.38. The first kappa shape index (κ1) is 21.4. The zero-order valence-electron chi connectivity index (χ0n) is 16.2. The van der Waals surface area contributed by atoms with E-state index in [1.807, 2.05) is 13.0 Å². The van der Waals surface area contributed by atoms with Crippen LogP contribution in [0.25, 0.3) is 0 Å². The molecule has 8 heteroatoms. The molecule has 0 aliphatic rings. The molecule has 0 atom stereocenters. The van der Waals surface area contributed by atoms with Crippen molar-refractivity contribution < 1.29 is 14.5 Å². The quantitative estimate of drug-likeness (QED) is 0.451. The van der Waals surface area contributed by atoms with Crippen LogP contribution in [0.5, 0.6) is 0 Å². The fourth-order valence-corrected chi connectivity index (χ4v) is 3.20. The first-order valence-corrected chi connectivity index (χ1v) is 9.64. The van der Waals surface area contributed by atoms with E-state index in [9.17, 15) is 19.7 Å². The summed E-state index contributed by atoms with van der Waals surface area (Å²) in [6, 6.07) is 11.3. The van der Waals surface area contributed by atoms with Gasteiger partial charge < -0.3 is 0 Å². The fourth-order valence-electron chi connectivity index (χ4n) is 2.33. The van der Waals surface area contributed by atoms with E-state index < -0.39 is 10.8 Å². The summed E-state index contributed by atoms with van der Waals surface area (Å²) in [5.74, 6) is -0.741. The number of nitro groups is 1. The number of thioether (sulfide) groups is 1. The number of hydrogen-bond acceptors (Lipinski definition) is 5. The predicted octanol–water partition coefficient (Wildman–Crippen LogP) is 3.75. The van der Waals surface area contributed by atoms with Crippen LogP contribution in [-0.4, -0.2) is 22.5 Å². The summed E-state index contributed by atoms with van der Waals surface area (Å²) in [4.78, 5) is 35.2. The van der Waals surface area contributed by atoms with Gasteiger partial charge in [0.2, 0.25) is 5.91 Å². The zero-order valence-corrected chi connectivity index (χ0v) is 17.1. The third kappa shape index (κ3) is 5.82. The molecule has 2 rings (SSSR count). The number of nitro benzene ring substituents is 1. The van der Waals surface area contributed by atoms with Gasteiger partial charge in [-0.05, 0) is 41.7 Å². The molecule has 0 spiro atoms. The highest BCUT2D eigenvalue weighted by Gasteiger charge is 2.16. The third-order valence-corrected chi connectivity index (χ3v) is 5.23. The smallest absolute Gasteiger partial charge is 0.269 e. The largest absolute Gasteiger partial charge is 0.272 e. The third-order valence-electron chi connectivity index (χ3n) is 4.07. The van der Waals surface area contributed by atoms with Crippen LogP contribution >= 0.6 is 11.8 Å². The molecule has 0 unspecified atom stereocenters. The van der Waals surface area contributed by atoms with Crippen LogP contribution in [0.1, 0.15) is 42.3 Å². The highest BCUT2D eigenvalue weighted by atomic mass is 32.2. The molecule has 0 aliphatic carbocycles. The Balaban J connectivity index is 1.89. The van der Waals surface area contributed by atoms with E-state index in [-0.39, 0.29) is 28.3 Å². The molecule has 0 heterocycles. The van der Waals surface area contributed by atoms with E-state index in [0.29, 0.717) is 0 Å². The Morgan fingerprint density at radius 1 is 1.07 bits per heavy atom. The van der Waals surface area contributed by atoms with E-state index in [4.69, 9.17) is 0 Å². The standard InChI is InChI=1S/C20H23N3O4S/c1-13-5-8-15(20(2,3)4)11-17(13)28-12-18(24)21-22-19(25)14-6-9-16(10-7-14)23(26)27/h5-11H,12H2,1-4H3,(H,21,24)(H,22,25). The number of non-ortho nitro benzene ring substituents is 1. The fraction of sp³-hybridized carbons (Fsp3) is 0.300. The van der Waals surface area contributed by atoms with Crippen molar-refractivity contribution in [1.82, 2.24) is 10.9 Å². The van der Waals surface area contributed by atoms with Crippen LogP contribution in [0.4, 0.5) is 5.69 Å². The van der Waals surface area contributed by atoms with Gasteiger partial charge in [0.1, 0.15) is 0 Å². The maximum absolute atomic E-state index is 12.1. The van der Waals surface area contributed by atoms with Crippen LogP contribution < -0.4 is 10.9 Å². The lowest BCUT2D eigenvalue weighted by molar-refractivity contribution is -0.384. The van der Waals surface area contributed by atoms with Crippen molar-refractivity contribution >= 4 is 29.3 Å². The van der Waals surface area contributed by atoms with E-state index in [1.54, 1.807) is 0 Å². The highest BCUT2D eigenvalue weighted by Crippen LogP contribution is 2.29. The normalized spacial score (nSPS) is 11.0. The summed E-state index contributed by atoms with van der Waals surface area (Å²) in [5.41, 5.74) is 7.07. The topological polar surface area (TPSA) is 101 Å². The number of carbonyl (C=O) groups excluding carboxylic acids is 2. The molecule has 7 nitrogen and oxygen atoms in total. The lowest BCUT2D eigenvalue weighted by Gasteiger charge is -2.20. The van der Waals surface area contributed by atoms with Crippen molar-refractivity contribution in [3.8, 4) is 0 Å². The summed E-state index contributed by atoms with van der Waals surface area (Å²) in [5, 5.41) is 10.6. The molecule has 0 saturated heterocycles. The first-order valence-electron chi connectivity index (χ1n) is 8.65. The number of nitrogens with one attached hydrogen (secondary N) is 2. The Morgan fingerprint density at radius 2 is 1.71 bits per heavy atom. The second-order valence-electron chi connectivity index (χ2n) is 7.33. The number of amides is 2. The molecule has 0 bridgehead atoms. The molecule has 2 aromatic carbocycles. The molecular weight excluding hydrogens is 378 g/mol. The Labute approximate surface area is 168 Å². The van der Waals surface area contributed by atoms with Gasteiger partial charge in [0, 0.05) is 22.6 Å². The van der Waals surface area contributed by atoms with E-state index in [0.717, 1.165) is 10.5 Å². The Bertz CT molecular complexity index is 889. The zero-order chi connectivity index (χ0) is 20.9. The maximum atomic E-state index is 12.1. The summed E-state index contributed by atoms with van der Waals surface area (Å²) < 4.78 is 0. The van der Waals surface area contributed by atoms with Gasteiger partial charge in [-0.2, -0.15) is 0 Å². The lowest BCUT2D eigenvalue weighted by Crippen LogP contribution is -2.42. The molecule has 2 amide bonds. The second-order valence-corrected chi connectivity index (χ2v) is 8.34. The van der Waals surface area contributed by atoms with Gasteiger partial charge in [-0.25, -0.2) is 0 Å². The van der Waals surface area contributed by atoms with E-state index >= 15 is 0 Å². The van der Waals surface area contributed by atoms with Crippen LogP contribution in [0.2, 0.25) is 0 Å². The van der Waals surface area contributed by atoms with Crippen LogP contribution in [0.3, 0.4) is 0 Å². The van der Waals surface area contributed by atoms with Gasteiger partial charge in [0.25, 0.3) is 11.6 Å². The van der Waals surface area contributed by atoms with Gasteiger partial charge in [-0.1, -0.05) is 32.9 Å². The maximum Gasteiger partial charge on any atom is 0.269 e. The van der Waals surface area contributed by atoms with Crippen LogP contribution in [-0.2, 0) is 10.2 Å². The molecule has 148 valence electrons. The van der Waals surface area contributed by atoms with Crippen molar-refractivity contribution in [2.24, 2.45) is 0 Å². The van der Waals surface area contributed by atoms with Gasteiger partial charge in [-0.3, -0.25) is 30.6 Å². The molecule has 0 saturated carbocycles. The van der Waals surface area contributed by atoms with Gasteiger partial charge in [0.15, 0.2) is 0 Å². The minimum Gasteiger partial charge on any atom is -0.272 e. The summed E-state index contributed by atoms with van der Waals surface area (Å²) >= 11 is 1.40. The molecule has 0 radical (unpaired) electrons. The van der Waals surface area contributed by atoms with Gasteiger partial charge >= 0.3 is 0 Å². The second kappa shape index (κ2) is 8.88. The predicted molar refractivity (Wildman–Crippen MR) is 109 cm³/mol. The average Bonchev–Trinajstić information content (AvgIpc) is 2.64. The van der Waals surface area contributed by atoms with Crippen LogP contribution in [0.15, 0.2) is 47.4 Å². The number of nitrogens with zero attached hydrogens (tertiary/aromatic N) is 1. The molecule has 28 heavy (non-hydrogen) atoms. The minimum atomic E-state index is -0.544. The van der Waals surface area contributed by atoms with Crippen molar-refractivity contribution in [3.05, 3.63) is 69.3 Å². The van der Waals surface area contributed by atoms with Gasteiger partial charge in [-0.15, -0.1) is 11.8 Å². The van der Waals surface area contributed by atoms with Crippen molar-refractivity contribution in [2.45, 2.75) is 38.0 Å². The monoisotopic (exact) mass is 401 g/mol. The molecule has 0 aromatic heterocycles. The molecular formula is C20H23N3O4S. The first-order chi connectivity index (χ1) is 13.1. The minimum absolute atomic E-state index is 0.0179. The number of hydrogen-bond donors (Lipinski definition) is 2. The number of aryl methyl sites for hydroxylation is 1. The van der Waals surface area contributed by atoms with Crippen molar-refractivity contribution in [1.29, 1.82) is 0 Å². The van der Waals surface area contributed by atoms with Crippen molar-refractivity contribution in [2.75, 3.05) is 5.75 Å². The van der Waals surface area contributed by atoms with E-state index in [1.165, 1.54) is 41.6 Å². The van der Waals surface area contributed by atoms with Crippen LogP contribution in [0, 0.1) is 17.0 Å². The Hall–Kier alpha value is -2.87. The molecule has 0 fully saturated rings. The number of benzene rings is 2. The molecule has 2 aromatic rings. The molecule has 0 aliphatic heterocycles. The highest BCUT2D eigenvalue weighted by molar-refractivity contribution is 8.00. The number of rotatable bonds is 5. The molecule has 2 N–H and O–H groups in total. The summed E-state index contributed by atoms with van der Waals surface area (Å²) in [6.07, 6.45) is 0. The number of hydrazine groups is 1. The van der Waals surface area contributed by atoms with Gasteiger partial charge in [0.05, 0.1) is 10.7 Å².